The van der Waals surface area contributed by atoms with Crippen LogP contribution in [0.15, 0.2) is 28.8 Å². The van der Waals surface area contributed by atoms with E-state index in [0.717, 1.165) is 18.6 Å². The molecule has 1 N–H and O–H groups in total. The van der Waals surface area contributed by atoms with Crippen LogP contribution in [0.4, 0.5) is 18.0 Å². The summed E-state index contributed by atoms with van der Waals surface area (Å²) in [5.41, 5.74) is -0.564. The monoisotopic (exact) mass is 368 g/mol. The third-order valence-electron chi connectivity index (χ3n) is 4.10. The van der Waals surface area contributed by atoms with E-state index in [1.807, 2.05) is 13.8 Å². The van der Waals surface area contributed by atoms with Crippen molar-refractivity contribution in [1.82, 2.24) is 20.4 Å². The van der Waals surface area contributed by atoms with E-state index in [9.17, 15) is 18.0 Å². The molecule has 0 unspecified atom stereocenters. The van der Waals surface area contributed by atoms with E-state index in [2.05, 4.69) is 15.5 Å². The van der Waals surface area contributed by atoms with Crippen LogP contribution in [0.3, 0.4) is 0 Å². The molecule has 140 valence electrons. The number of rotatable bonds is 3. The Morgan fingerprint density at radius 3 is 2.85 bits per heavy atom. The average Bonchev–Trinajstić information content (AvgIpc) is 3.22. The maximum absolute atomic E-state index is 12.9. The van der Waals surface area contributed by atoms with Crippen molar-refractivity contribution in [2.75, 3.05) is 6.54 Å². The first-order chi connectivity index (χ1) is 12.3. The molecular weight excluding hydrogens is 349 g/mol. The highest BCUT2D eigenvalue weighted by atomic mass is 19.4. The van der Waals surface area contributed by atoms with Gasteiger partial charge in [-0.15, -0.1) is 0 Å². The Hall–Kier alpha value is -2.58. The molecular formula is C17H19F3N4O2. The molecule has 2 aromatic rings. The van der Waals surface area contributed by atoms with E-state index >= 15 is 0 Å². The lowest BCUT2D eigenvalue weighted by molar-refractivity contribution is -0.137. The number of likely N-dealkylation sites (tertiary alicyclic amines) is 1. The van der Waals surface area contributed by atoms with E-state index in [0.29, 0.717) is 13.0 Å². The second-order valence-corrected chi connectivity index (χ2v) is 6.49. The first-order valence-corrected chi connectivity index (χ1v) is 8.34. The molecule has 0 bridgehead atoms. The molecule has 0 saturated carbocycles. The maximum atomic E-state index is 12.9. The Labute approximate surface area is 148 Å². The third-order valence-corrected chi connectivity index (χ3v) is 4.10. The number of amides is 2. The van der Waals surface area contributed by atoms with E-state index in [1.54, 1.807) is 4.90 Å². The van der Waals surface area contributed by atoms with Crippen molar-refractivity contribution < 1.29 is 22.5 Å². The van der Waals surface area contributed by atoms with Crippen LogP contribution in [-0.4, -0.2) is 33.7 Å². The predicted molar refractivity (Wildman–Crippen MR) is 87.1 cm³/mol. The first kappa shape index (κ1) is 18.2. The van der Waals surface area contributed by atoms with E-state index in [1.165, 1.54) is 12.1 Å². The predicted octanol–water partition coefficient (Wildman–Crippen LogP) is 4.01. The van der Waals surface area contributed by atoms with Gasteiger partial charge in [0.25, 0.3) is 0 Å². The highest BCUT2D eigenvalue weighted by Crippen LogP contribution is 2.34. The van der Waals surface area contributed by atoms with Crippen LogP contribution in [0.5, 0.6) is 0 Å². The lowest BCUT2D eigenvalue weighted by Gasteiger charge is -2.23. The van der Waals surface area contributed by atoms with Crippen LogP contribution >= 0.6 is 0 Å². The quantitative estimate of drug-likeness (QED) is 0.889. The smallest absolute Gasteiger partial charge is 0.337 e. The highest BCUT2D eigenvalue weighted by Gasteiger charge is 2.35. The van der Waals surface area contributed by atoms with Gasteiger partial charge >= 0.3 is 12.2 Å². The molecule has 0 radical (unpaired) electrons. The van der Waals surface area contributed by atoms with Crippen molar-refractivity contribution in [2.45, 2.75) is 44.9 Å². The molecule has 0 aliphatic carbocycles. The zero-order valence-electron chi connectivity index (χ0n) is 14.4. The molecule has 6 nitrogen and oxygen atoms in total. The number of hydrogen-bond donors (Lipinski definition) is 1. The summed E-state index contributed by atoms with van der Waals surface area (Å²) in [5.74, 6) is 0.302. The summed E-state index contributed by atoms with van der Waals surface area (Å²) in [7, 11) is 0. The van der Waals surface area contributed by atoms with Gasteiger partial charge in [0, 0.05) is 18.2 Å². The van der Waals surface area contributed by atoms with Gasteiger partial charge in [0.05, 0.1) is 5.56 Å². The Morgan fingerprint density at radius 1 is 1.38 bits per heavy atom. The molecule has 1 saturated heterocycles. The van der Waals surface area contributed by atoms with Crippen LogP contribution in [0.2, 0.25) is 0 Å². The van der Waals surface area contributed by atoms with Crippen molar-refractivity contribution in [3.8, 4) is 11.4 Å². The van der Waals surface area contributed by atoms with Gasteiger partial charge < -0.3 is 14.7 Å². The minimum atomic E-state index is -4.44. The summed E-state index contributed by atoms with van der Waals surface area (Å²) in [6, 6.07) is 4.15. The number of nitrogens with zero attached hydrogens (tertiary/aromatic N) is 3. The molecule has 1 aliphatic rings. The topological polar surface area (TPSA) is 71.3 Å². The Balaban J connectivity index is 1.83. The van der Waals surface area contributed by atoms with Gasteiger partial charge in [-0.05, 0) is 38.8 Å². The number of halogens is 3. The largest absolute Gasteiger partial charge is 0.416 e. The third kappa shape index (κ3) is 3.81. The summed E-state index contributed by atoms with van der Waals surface area (Å²) >= 11 is 0. The molecule has 2 amide bonds. The number of alkyl halides is 3. The van der Waals surface area contributed by atoms with Crippen molar-refractivity contribution in [1.29, 1.82) is 0 Å². The Bertz CT molecular complexity index is 788. The molecule has 0 spiro atoms. The SMILES string of the molecule is CC(C)NC(=O)N1CCC[C@H]1c1nc(-c2cccc(C(F)(F)F)c2)no1. The van der Waals surface area contributed by atoms with Crippen LogP contribution in [0, 0.1) is 0 Å². The van der Waals surface area contributed by atoms with Crippen molar-refractivity contribution in [3.05, 3.63) is 35.7 Å². The Kier molecular flexibility index (Phi) is 4.88. The number of carbonyl (C=O) groups is 1. The van der Waals surface area contributed by atoms with Gasteiger partial charge in [0.15, 0.2) is 0 Å². The molecule has 1 aromatic heterocycles. The highest BCUT2D eigenvalue weighted by molar-refractivity contribution is 5.75. The molecule has 9 heteroatoms. The average molecular weight is 368 g/mol. The second kappa shape index (κ2) is 6.97. The molecule has 1 atom stereocenters. The fraction of sp³-hybridized carbons (Fsp3) is 0.471. The number of urea groups is 1. The molecule has 2 heterocycles. The molecule has 1 aliphatic heterocycles. The number of nitrogens with one attached hydrogen (secondary N) is 1. The minimum absolute atomic E-state index is 0.00731. The summed E-state index contributed by atoms with van der Waals surface area (Å²) in [6.07, 6.45) is -2.99. The number of benzene rings is 1. The van der Waals surface area contributed by atoms with Crippen LogP contribution in [-0.2, 0) is 6.18 Å². The standard InChI is InChI=1S/C17H19F3N4O2/c1-10(2)21-16(25)24-8-4-7-13(24)15-22-14(23-26-15)11-5-3-6-12(9-11)17(18,19)20/h3,5-6,9-10,13H,4,7-8H2,1-2H3,(H,21,25)/t13-/m0/s1. The van der Waals surface area contributed by atoms with E-state index < -0.39 is 11.7 Å². The number of hydrogen-bond acceptors (Lipinski definition) is 4. The lowest BCUT2D eigenvalue weighted by atomic mass is 10.1. The number of carbonyl (C=O) groups excluding carboxylic acids is 1. The fourth-order valence-electron chi connectivity index (χ4n) is 2.92. The van der Waals surface area contributed by atoms with Crippen LogP contribution < -0.4 is 5.32 Å². The van der Waals surface area contributed by atoms with Crippen LogP contribution in [0.25, 0.3) is 11.4 Å². The normalized spacial score (nSPS) is 17.8. The van der Waals surface area contributed by atoms with Gasteiger partial charge in [-0.1, -0.05) is 17.3 Å². The molecule has 1 fully saturated rings. The zero-order chi connectivity index (χ0) is 18.9. The van der Waals surface area contributed by atoms with E-state index in [4.69, 9.17) is 4.52 Å². The van der Waals surface area contributed by atoms with Gasteiger partial charge in [-0.3, -0.25) is 0 Å². The van der Waals surface area contributed by atoms with Crippen molar-refractivity contribution in [2.24, 2.45) is 0 Å². The van der Waals surface area contributed by atoms with Crippen LogP contribution in [0.1, 0.15) is 44.2 Å². The van der Waals surface area contributed by atoms with Gasteiger partial charge in [0.2, 0.25) is 11.7 Å². The summed E-state index contributed by atoms with van der Waals surface area (Å²) < 4.78 is 43.8. The fourth-order valence-corrected chi connectivity index (χ4v) is 2.92. The maximum Gasteiger partial charge on any atom is 0.416 e. The van der Waals surface area contributed by atoms with Gasteiger partial charge in [-0.25, -0.2) is 4.79 Å². The van der Waals surface area contributed by atoms with Gasteiger partial charge in [0.1, 0.15) is 6.04 Å². The summed E-state index contributed by atoms with van der Waals surface area (Å²) in [4.78, 5) is 18.1. The van der Waals surface area contributed by atoms with E-state index in [-0.39, 0.29) is 35.4 Å². The lowest BCUT2D eigenvalue weighted by Crippen LogP contribution is -2.42. The Morgan fingerprint density at radius 2 is 2.15 bits per heavy atom. The van der Waals surface area contributed by atoms with Gasteiger partial charge in [-0.2, -0.15) is 18.2 Å². The number of aromatic nitrogens is 2. The summed E-state index contributed by atoms with van der Waals surface area (Å²) in [6.45, 7) is 4.29. The molecule has 1 aromatic carbocycles. The second-order valence-electron chi connectivity index (χ2n) is 6.49. The minimum Gasteiger partial charge on any atom is -0.337 e. The summed E-state index contributed by atoms with van der Waals surface area (Å²) in [5, 5.41) is 6.62. The molecule has 3 rings (SSSR count). The molecule has 26 heavy (non-hydrogen) atoms. The zero-order valence-corrected chi connectivity index (χ0v) is 14.4. The first-order valence-electron chi connectivity index (χ1n) is 8.34. The van der Waals surface area contributed by atoms with Crippen molar-refractivity contribution >= 4 is 6.03 Å². The van der Waals surface area contributed by atoms with Crippen molar-refractivity contribution in [3.63, 3.8) is 0 Å².